The third-order valence-corrected chi connectivity index (χ3v) is 3.41. The van der Waals surface area contributed by atoms with Crippen LogP contribution in [0.4, 0.5) is 5.69 Å². The number of aliphatic imine (C=N–C) groups is 1. The number of para-hydroxylation sites is 1. The Morgan fingerprint density at radius 3 is 2.50 bits per heavy atom. The van der Waals surface area contributed by atoms with E-state index in [1.165, 1.54) is 12.3 Å². The lowest BCUT2D eigenvalue weighted by Gasteiger charge is -2.05. The predicted octanol–water partition coefficient (Wildman–Crippen LogP) is 3.99. The lowest BCUT2D eigenvalue weighted by molar-refractivity contribution is 0.0698. The molecule has 0 heterocycles. The van der Waals surface area contributed by atoms with Gasteiger partial charge in [0.25, 0.3) is 0 Å². The molecule has 0 saturated carbocycles. The van der Waals surface area contributed by atoms with Gasteiger partial charge in [0.05, 0.1) is 11.3 Å². The van der Waals surface area contributed by atoms with Gasteiger partial charge in [0.1, 0.15) is 5.75 Å². The third-order valence-electron chi connectivity index (χ3n) is 3.41. The molecule has 3 rings (SSSR count). The maximum absolute atomic E-state index is 11.2. The minimum Gasteiger partial charge on any atom is -0.507 e. The lowest BCUT2D eigenvalue weighted by Crippen LogP contribution is -1.96. The van der Waals surface area contributed by atoms with Crippen molar-refractivity contribution in [1.82, 2.24) is 0 Å². The number of phenolic OH excluding ortho intramolecular Hbond substituents is 1. The van der Waals surface area contributed by atoms with E-state index in [9.17, 15) is 9.90 Å². The Hall–Kier alpha value is -3.14. The van der Waals surface area contributed by atoms with Gasteiger partial charge in [-0.3, -0.25) is 4.99 Å². The Labute approximate surface area is 127 Å². The molecule has 0 atom stereocenters. The number of nitrogens with zero attached hydrogens (tertiary/aromatic N) is 1. The first-order valence-corrected chi connectivity index (χ1v) is 6.74. The number of hydrogen-bond acceptors (Lipinski definition) is 3. The van der Waals surface area contributed by atoms with E-state index in [-0.39, 0.29) is 11.3 Å². The van der Waals surface area contributed by atoms with E-state index in [2.05, 4.69) is 4.99 Å². The van der Waals surface area contributed by atoms with Gasteiger partial charge >= 0.3 is 5.97 Å². The van der Waals surface area contributed by atoms with Crippen molar-refractivity contribution in [3.8, 4) is 5.75 Å². The van der Waals surface area contributed by atoms with Crippen LogP contribution in [0.5, 0.6) is 5.75 Å². The molecular formula is C18H13NO3. The number of fused-ring (bicyclic) bond motifs is 1. The van der Waals surface area contributed by atoms with E-state index in [1.54, 1.807) is 24.3 Å². The van der Waals surface area contributed by atoms with Crippen LogP contribution in [0.25, 0.3) is 10.8 Å². The molecule has 0 unspecified atom stereocenters. The van der Waals surface area contributed by atoms with Gasteiger partial charge in [0.15, 0.2) is 0 Å². The summed E-state index contributed by atoms with van der Waals surface area (Å²) in [4.78, 5) is 15.4. The van der Waals surface area contributed by atoms with Crippen molar-refractivity contribution < 1.29 is 15.0 Å². The van der Waals surface area contributed by atoms with Crippen LogP contribution in [0.3, 0.4) is 0 Å². The van der Waals surface area contributed by atoms with Crippen molar-refractivity contribution in [1.29, 1.82) is 0 Å². The van der Waals surface area contributed by atoms with Crippen LogP contribution in [-0.2, 0) is 0 Å². The van der Waals surface area contributed by atoms with Crippen molar-refractivity contribution in [2.45, 2.75) is 0 Å². The molecule has 0 saturated heterocycles. The zero-order valence-electron chi connectivity index (χ0n) is 11.6. The third kappa shape index (κ3) is 2.54. The van der Waals surface area contributed by atoms with Crippen LogP contribution < -0.4 is 0 Å². The number of phenols is 1. The molecule has 22 heavy (non-hydrogen) atoms. The number of aromatic hydroxyl groups is 1. The zero-order valence-corrected chi connectivity index (χ0v) is 11.6. The van der Waals surface area contributed by atoms with Crippen molar-refractivity contribution in [2.75, 3.05) is 0 Å². The van der Waals surface area contributed by atoms with Crippen LogP contribution in [0.1, 0.15) is 15.9 Å². The number of rotatable bonds is 3. The van der Waals surface area contributed by atoms with Crippen LogP contribution in [0.15, 0.2) is 65.7 Å². The van der Waals surface area contributed by atoms with Gasteiger partial charge in [-0.15, -0.1) is 0 Å². The first kappa shape index (κ1) is 13.8. The summed E-state index contributed by atoms with van der Waals surface area (Å²) >= 11 is 0. The molecule has 4 heteroatoms. The first-order chi connectivity index (χ1) is 10.7. The number of hydrogen-bond donors (Lipinski definition) is 2. The number of benzene rings is 3. The van der Waals surface area contributed by atoms with Crippen LogP contribution in [0, 0.1) is 0 Å². The zero-order chi connectivity index (χ0) is 15.5. The molecule has 0 bridgehead atoms. The second-order valence-corrected chi connectivity index (χ2v) is 4.80. The van der Waals surface area contributed by atoms with Gasteiger partial charge in [-0.05, 0) is 29.0 Å². The summed E-state index contributed by atoms with van der Waals surface area (Å²) in [5, 5.41) is 21.1. The van der Waals surface area contributed by atoms with E-state index in [4.69, 9.17) is 5.11 Å². The highest BCUT2D eigenvalue weighted by Gasteiger charge is 2.08. The van der Waals surface area contributed by atoms with Gasteiger partial charge in [-0.1, -0.05) is 42.5 Å². The van der Waals surface area contributed by atoms with Crippen molar-refractivity contribution in [3.63, 3.8) is 0 Å². The lowest BCUT2D eigenvalue weighted by atomic mass is 10.0. The average Bonchev–Trinajstić information content (AvgIpc) is 2.54. The number of carboxylic acid groups (broad SMARTS) is 1. The highest BCUT2D eigenvalue weighted by atomic mass is 16.4. The highest BCUT2D eigenvalue weighted by Crippen LogP contribution is 2.27. The Kier molecular flexibility index (Phi) is 3.58. The summed E-state index contributed by atoms with van der Waals surface area (Å²) in [6.07, 6.45) is 1.50. The van der Waals surface area contributed by atoms with Crippen LogP contribution in [0.2, 0.25) is 0 Å². The summed E-state index contributed by atoms with van der Waals surface area (Å²) in [6.45, 7) is 0. The molecule has 4 nitrogen and oxygen atoms in total. The Bertz CT molecular complexity index is 884. The standard InChI is InChI=1S/C18H13NO3/c20-17-10-9-12-5-1-2-6-13(12)15(17)11-19-16-8-4-3-7-14(16)18(21)22/h1-11,20H,(H,21,22)/b19-11+. The van der Waals surface area contributed by atoms with Gasteiger partial charge < -0.3 is 10.2 Å². The minimum absolute atomic E-state index is 0.107. The van der Waals surface area contributed by atoms with Gasteiger partial charge in [-0.25, -0.2) is 4.79 Å². The highest BCUT2D eigenvalue weighted by molar-refractivity contribution is 6.03. The Morgan fingerprint density at radius 1 is 0.955 bits per heavy atom. The molecule has 0 aliphatic heterocycles. The van der Waals surface area contributed by atoms with E-state index in [1.807, 2.05) is 30.3 Å². The van der Waals surface area contributed by atoms with Crippen molar-refractivity contribution in [2.24, 2.45) is 4.99 Å². The Morgan fingerprint density at radius 2 is 1.68 bits per heavy atom. The number of carboxylic acids is 1. The summed E-state index contributed by atoms with van der Waals surface area (Å²) in [5.41, 5.74) is 1.04. The average molecular weight is 291 g/mol. The molecule has 2 N–H and O–H groups in total. The van der Waals surface area contributed by atoms with Gasteiger partial charge in [-0.2, -0.15) is 0 Å². The first-order valence-electron chi connectivity index (χ1n) is 6.74. The second-order valence-electron chi connectivity index (χ2n) is 4.80. The maximum atomic E-state index is 11.2. The van der Waals surface area contributed by atoms with Crippen LogP contribution in [-0.4, -0.2) is 22.4 Å². The molecule has 0 aromatic heterocycles. The summed E-state index contributed by atoms with van der Waals surface area (Å²) < 4.78 is 0. The smallest absolute Gasteiger partial charge is 0.337 e. The van der Waals surface area contributed by atoms with Crippen molar-refractivity contribution >= 4 is 28.6 Å². The topological polar surface area (TPSA) is 69.9 Å². The molecular weight excluding hydrogens is 278 g/mol. The van der Waals surface area contributed by atoms with Gasteiger partial charge in [0, 0.05) is 11.8 Å². The molecule has 0 aliphatic carbocycles. The number of aromatic carboxylic acids is 1. The van der Waals surface area contributed by atoms with E-state index >= 15 is 0 Å². The van der Waals surface area contributed by atoms with E-state index in [0.717, 1.165) is 10.8 Å². The van der Waals surface area contributed by atoms with Crippen LogP contribution >= 0.6 is 0 Å². The fraction of sp³-hybridized carbons (Fsp3) is 0. The molecule has 0 radical (unpaired) electrons. The Balaban J connectivity index is 2.11. The molecule has 3 aromatic carbocycles. The molecule has 0 spiro atoms. The van der Waals surface area contributed by atoms with E-state index in [0.29, 0.717) is 11.3 Å². The molecule has 108 valence electrons. The summed E-state index contributed by atoms with van der Waals surface area (Å²) in [6, 6.07) is 17.6. The SMILES string of the molecule is O=C(O)c1ccccc1/N=C/c1c(O)ccc2ccccc12. The summed E-state index contributed by atoms with van der Waals surface area (Å²) in [5.74, 6) is -0.926. The molecule has 0 fully saturated rings. The summed E-state index contributed by atoms with van der Waals surface area (Å²) in [7, 11) is 0. The molecule has 0 aliphatic rings. The second kappa shape index (κ2) is 5.69. The van der Waals surface area contributed by atoms with E-state index < -0.39 is 5.97 Å². The monoisotopic (exact) mass is 291 g/mol. The maximum Gasteiger partial charge on any atom is 0.337 e. The number of carbonyl (C=O) groups is 1. The quantitative estimate of drug-likeness (QED) is 0.717. The minimum atomic E-state index is -1.03. The van der Waals surface area contributed by atoms with Crippen molar-refractivity contribution in [3.05, 3.63) is 71.8 Å². The molecule has 3 aromatic rings. The fourth-order valence-corrected chi connectivity index (χ4v) is 2.32. The molecule has 0 amide bonds. The normalized spacial score (nSPS) is 11.1. The fourth-order valence-electron chi connectivity index (χ4n) is 2.32. The van der Waals surface area contributed by atoms with Gasteiger partial charge in [0.2, 0.25) is 0 Å². The predicted molar refractivity (Wildman–Crippen MR) is 86.3 cm³/mol. The largest absolute Gasteiger partial charge is 0.507 e.